The van der Waals surface area contributed by atoms with Gasteiger partial charge in [0.25, 0.3) is 0 Å². The number of aliphatic carboxylic acids is 1. The van der Waals surface area contributed by atoms with Crippen LogP contribution in [0.1, 0.15) is 2.85 Å². The van der Waals surface area contributed by atoms with Gasteiger partial charge in [-0.25, -0.2) is 4.99 Å². The van der Waals surface area contributed by atoms with Crippen molar-refractivity contribution in [2.45, 2.75) is 0 Å². The minimum Gasteiger partial charge on any atom is -1.00 e. The van der Waals surface area contributed by atoms with Gasteiger partial charge in [-0.1, -0.05) is 0 Å². The number of carbonyl (C=O) groups is 1. The Hall–Kier alpha value is -0.494. The summed E-state index contributed by atoms with van der Waals surface area (Å²) in [5.41, 5.74) is 9.61. The average Bonchev–Trinajstić information content (AvgIpc) is 1.61. The van der Waals surface area contributed by atoms with E-state index in [-0.39, 0.29) is 38.4 Å². The van der Waals surface area contributed by atoms with Crippen LogP contribution in [0.5, 0.6) is 0 Å². The van der Waals surface area contributed by atoms with Gasteiger partial charge in [0.05, 0.1) is 0 Å². The fourth-order valence-electron chi connectivity index (χ4n) is 0.159. The summed E-state index contributed by atoms with van der Waals surface area (Å²) < 4.78 is 0. The van der Waals surface area contributed by atoms with E-state index in [9.17, 15) is 4.79 Å². The van der Waals surface area contributed by atoms with E-state index in [1.165, 1.54) is 0 Å². The number of guanidine groups is 1. The van der Waals surface area contributed by atoms with E-state index in [0.717, 1.165) is 0 Å². The second-order valence-electron chi connectivity index (χ2n) is 1.13. The Morgan fingerprint density at radius 1 is 1.67 bits per heavy atom. The zero-order valence-corrected chi connectivity index (χ0v) is 6.29. The monoisotopic (exact) mass is 143 g/mol. The van der Waals surface area contributed by atoms with Crippen molar-refractivity contribution in [2.24, 2.45) is 16.5 Å². The van der Waals surface area contributed by atoms with Crippen LogP contribution in [-0.4, -0.2) is 46.6 Å². The fraction of sp³-hybridized carbons (Fsp3) is 0.333. The maximum atomic E-state index is 9.69. The fourth-order valence-corrected chi connectivity index (χ4v) is 0.159. The molecule has 0 saturated heterocycles. The van der Waals surface area contributed by atoms with Crippen LogP contribution in [0.25, 0.3) is 0 Å². The Bertz CT molecular complexity index is 128. The van der Waals surface area contributed by atoms with Crippen molar-refractivity contribution in [1.82, 2.24) is 0 Å². The molecule has 0 aliphatic carbocycles. The van der Waals surface area contributed by atoms with Gasteiger partial charge in [-0.05, 0) is 0 Å². The number of carboxylic acids is 1. The van der Waals surface area contributed by atoms with Gasteiger partial charge in [-0.15, -0.1) is 0 Å². The summed E-state index contributed by atoms with van der Waals surface area (Å²) in [5.74, 6) is -1.24. The Morgan fingerprint density at radius 2 is 2.11 bits per heavy atom. The van der Waals surface area contributed by atoms with Gasteiger partial charge >= 0.3 is 29.0 Å². The molecule has 0 spiro atoms. The maximum Gasteiger partial charge on any atom is 2.00 e. The minimum atomic E-state index is -1.04. The molecule has 0 aliphatic rings. The van der Waals surface area contributed by atoms with E-state index in [1.807, 2.05) is 0 Å². The molecule has 0 aromatic heterocycles. The molecule has 0 fully saturated rings. The number of carboxylic acid groups (broad SMARTS) is 1. The molecule has 9 heavy (non-hydrogen) atoms. The standard InChI is InChI=1S/C3H7N3O2.Mg.2H/c4-3(5)6-1-2(7)8;;;/h1H2,(H,7,8)(H4,4,5,6);;;/q;+2;2*-1. The summed E-state index contributed by atoms with van der Waals surface area (Å²) in [7, 11) is 0. The maximum absolute atomic E-state index is 9.69. The molecular formula is C3H9MgN3O2. The number of nitrogens with two attached hydrogens (primary N) is 2. The van der Waals surface area contributed by atoms with Crippen molar-refractivity contribution in [3.63, 3.8) is 0 Å². The number of hydrogen-bond acceptors (Lipinski definition) is 2. The van der Waals surface area contributed by atoms with Gasteiger partial charge < -0.3 is 19.4 Å². The molecule has 6 heteroatoms. The topological polar surface area (TPSA) is 102 Å². The minimum absolute atomic E-state index is 0. The zero-order chi connectivity index (χ0) is 6.57. The second kappa shape index (κ2) is 5.64. The molecule has 0 amide bonds. The average molecular weight is 143 g/mol. The number of nitrogens with zero attached hydrogens (tertiary/aromatic N) is 1. The normalized spacial score (nSPS) is 7.11. The molecule has 0 rings (SSSR count). The Balaban J connectivity index is -0.0000000817. The third kappa shape index (κ3) is 11.2. The van der Waals surface area contributed by atoms with Crippen LogP contribution >= 0.6 is 0 Å². The van der Waals surface area contributed by atoms with E-state index < -0.39 is 5.97 Å². The molecule has 0 radical (unpaired) electrons. The number of aliphatic imine (C=N–C) groups is 1. The van der Waals surface area contributed by atoms with Gasteiger partial charge in [-0.2, -0.15) is 0 Å². The summed E-state index contributed by atoms with van der Waals surface area (Å²) in [6, 6.07) is 0. The van der Waals surface area contributed by atoms with Crippen molar-refractivity contribution in [3.05, 3.63) is 0 Å². The second-order valence-corrected chi connectivity index (χ2v) is 1.13. The third-order valence-corrected chi connectivity index (χ3v) is 0.397. The quantitative estimate of drug-likeness (QED) is 0.241. The molecule has 0 aromatic rings. The molecule has 0 bridgehead atoms. The smallest absolute Gasteiger partial charge is 1.00 e. The van der Waals surface area contributed by atoms with Gasteiger partial charge in [0.1, 0.15) is 6.54 Å². The first-order valence-corrected chi connectivity index (χ1v) is 1.90. The largest absolute Gasteiger partial charge is 2.00 e. The van der Waals surface area contributed by atoms with Crippen LogP contribution in [-0.2, 0) is 4.79 Å². The van der Waals surface area contributed by atoms with Crippen LogP contribution in [0.2, 0.25) is 0 Å². The molecule has 0 saturated carbocycles. The Kier molecular flexibility index (Phi) is 7.09. The first-order chi connectivity index (χ1) is 3.63. The van der Waals surface area contributed by atoms with E-state index >= 15 is 0 Å². The van der Waals surface area contributed by atoms with Gasteiger partial charge in [0, 0.05) is 0 Å². The number of rotatable bonds is 2. The summed E-state index contributed by atoms with van der Waals surface area (Å²) >= 11 is 0. The van der Waals surface area contributed by atoms with Gasteiger partial charge in [-0.3, -0.25) is 4.79 Å². The zero-order valence-electron chi connectivity index (χ0n) is 6.87. The van der Waals surface area contributed by atoms with Crippen molar-refractivity contribution >= 4 is 35.0 Å². The van der Waals surface area contributed by atoms with Crippen LogP contribution < -0.4 is 11.5 Å². The van der Waals surface area contributed by atoms with Crippen molar-refractivity contribution < 1.29 is 12.8 Å². The van der Waals surface area contributed by atoms with Crippen LogP contribution in [0.4, 0.5) is 0 Å². The summed E-state index contributed by atoms with van der Waals surface area (Å²) in [4.78, 5) is 12.9. The summed E-state index contributed by atoms with van der Waals surface area (Å²) in [5, 5.41) is 7.94. The first kappa shape index (κ1) is 11.3. The Labute approximate surface area is 71.2 Å². The predicted octanol–water partition coefficient (Wildman–Crippen LogP) is -1.81. The molecule has 0 unspecified atom stereocenters. The van der Waals surface area contributed by atoms with Gasteiger partial charge in [0.2, 0.25) is 0 Å². The summed E-state index contributed by atoms with van der Waals surface area (Å²) in [6.45, 7) is -0.359. The summed E-state index contributed by atoms with van der Waals surface area (Å²) in [6.07, 6.45) is 0. The third-order valence-electron chi connectivity index (χ3n) is 0.397. The van der Waals surface area contributed by atoms with Crippen LogP contribution in [0, 0.1) is 0 Å². The number of hydrogen-bond donors (Lipinski definition) is 3. The van der Waals surface area contributed by atoms with Crippen molar-refractivity contribution in [2.75, 3.05) is 6.54 Å². The molecule has 0 aromatic carbocycles. The van der Waals surface area contributed by atoms with Crippen molar-refractivity contribution in [3.8, 4) is 0 Å². The van der Waals surface area contributed by atoms with Crippen LogP contribution in [0.3, 0.4) is 0 Å². The van der Waals surface area contributed by atoms with Crippen molar-refractivity contribution in [1.29, 1.82) is 0 Å². The van der Waals surface area contributed by atoms with E-state index in [4.69, 9.17) is 16.6 Å². The molecule has 0 heterocycles. The molecule has 5 nitrogen and oxygen atoms in total. The van der Waals surface area contributed by atoms with E-state index in [1.54, 1.807) is 0 Å². The van der Waals surface area contributed by atoms with Crippen LogP contribution in [0.15, 0.2) is 4.99 Å². The Morgan fingerprint density at radius 3 is 2.22 bits per heavy atom. The first-order valence-electron chi connectivity index (χ1n) is 1.90. The van der Waals surface area contributed by atoms with Gasteiger partial charge in [0.15, 0.2) is 5.96 Å². The molecular weight excluding hydrogens is 134 g/mol. The van der Waals surface area contributed by atoms with E-state index in [0.29, 0.717) is 0 Å². The molecule has 5 N–H and O–H groups in total. The molecule has 0 aliphatic heterocycles. The molecule has 50 valence electrons. The molecule has 0 atom stereocenters. The van der Waals surface area contributed by atoms with E-state index in [2.05, 4.69) is 4.99 Å². The SMILES string of the molecule is NC(N)=NCC(=O)O.[H-].[H-].[Mg+2]. The predicted molar refractivity (Wildman–Crippen MR) is 36.3 cm³/mol.